The fourth-order valence-electron chi connectivity index (χ4n) is 0.716. The summed E-state index contributed by atoms with van der Waals surface area (Å²) in [6, 6.07) is 0. The summed E-state index contributed by atoms with van der Waals surface area (Å²) in [5.41, 5.74) is 5.01. The van der Waals surface area contributed by atoms with Crippen molar-refractivity contribution >= 4 is 5.91 Å². The van der Waals surface area contributed by atoms with Gasteiger partial charge in [0.15, 0.2) is 0 Å². The Balaban J connectivity index is 3.37. The third-order valence-electron chi connectivity index (χ3n) is 1.35. The molecule has 0 unspecified atom stereocenters. The van der Waals surface area contributed by atoms with E-state index >= 15 is 0 Å². The number of carbonyl (C=O) groups is 1. The Morgan fingerprint density at radius 3 is 2.18 bits per heavy atom. The second kappa shape index (κ2) is 5.09. The van der Waals surface area contributed by atoms with Crippen molar-refractivity contribution in [2.75, 3.05) is 40.8 Å². The van der Waals surface area contributed by atoms with E-state index in [-0.39, 0.29) is 5.91 Å². The molecule has 4 nitrogen and oxygen atoms in total. The molecule has 0 atom stereocenters. The monoisotopic (exact) mass is 159 g/mol. The minimum Gasteiger partial charge on any atom is -0.369 e. The van der Waals surface area contributed by atoms with E-state index in [1.807, 2.05) is 26.0 Å². The first-order chi connectivity index (χ1) is 5.02. The lowest BCUT2D eigenvalue weighted by atomic mass is 10.5. The van der Waals surface area contributed by atoms with Gasteiger partial charge in [0.2, 0.25) is 5.91 Å². The highest BCUT2D eigenvalue weighted by Crippen LogP contribution is 1.82. The number of carbonyl (C=O) groups excluding carboxylic acids is 1. The smallest absolute Gasteiger partial charge is 0.231 e. The number of primary amides is 1. The van der Waals surface area contributed by atoms with E-state index in [0.717, 1.165) is 13.1 Å². The van der Waals surface area contributed by atoms with Crippen LogP contribution in [-0.2, 0) is 4.79 Å². The highest BCUT2D eigenvalue weighted by molar-refractivity contribution is 5.75. The molecule has 0 aliphatic carbocycles. The maximum absolute atomic E-state index is 10.4. The Hall–Kier alpha value is -0.610. The van der Waals surface area contributed by atoms with Gasteiger partial charge in [0.1, 0.15) is 0 Å². The van der Waals surface area contributed by atoms with Crippen LogP contribution in [0.3, 0.4) is 0 Å². The average Bonchev–Trinajstić information content (AvgIpc) is 1.82. The van der Waals surface area contributed by atoms with Gasteiger partial charge >= 0.3 is 0 Å². The summed E-state index contributed by atoms with van der Waals surface area (Å²) < 4.78 is 0. The van der Waals surface area contributed by atoms with E-state index < -0.39 is 0 Å². The van der Waals surface area contributed by atoms with Gasteiger partial charge in [0.25, 0.3) is 0 Å². The molecule has 1 amide bonds. The fraction of sp³-hybridized carbons (Fsp3) is 0.857. The van der Waals surface area contributed by atoms with Crippen molar-refractivity contribution in [2.24, 2.45) is 5.73 Å². The quantitative estimate of drug-likeness (QED) is 0.558. The lowest BCUT2D eigenvalue weighted by Gasteiger charge is -2.17. The molecule has 0 radical (unpaired) electrons. The Morgan fingerprint density at radius 1 is 1.27 bits per heavy atom. The zero-order valence-corrected chi connectivity index (χ0v) is 7.50. The van der Waals surface area contributed by atoms with E-state index in [1.165, 1.54) is 0 Å². The molecule has 0 rings (SSSR count). The molecule has 0 heterocycles. The van der Waals surface area contributed by atoms with Crippen molar-refractivity contribution in [3.05, 3.63) is 0 Å². The molecule has 4 heteroatoms. The van der Waals surface area contributed by atoms with Crippen LogP contribution in [-0.4, -0.2) is 56.5 Å². The molecule has 66 valence electrons. The highest BCUT2D eigenvalue weighted by Gasteiger charge is 2.01. The van der Waals surface area contributed by atoms with Crippen LogP contribution < -0.4 is 5.73 Å². The van der Waals surface area contributed by atoms with Crippen LogP contribution in [0.2, 0.25) is 0 Å². The van der Waals surface area contributed by atoms with E-state index in [4.69, 9.17) is 5.73 Å². The first kappa shape index (κ1) is 10.4. The Kier molecular flexibility index (Phi) is 4.81. The second-order valence-corrected chi connectivity index (χ2v) is 3.01. The van der Waals surface area contributed by atoms with Gasteiger partial charge in [-0.2, -0.15) is 0 Å². The van der Waals surface area contributed by atoms with Crippen LogP contribution in [0, 0.1) is 0 Å². The summed E-state index contributed by atoms with van der Waals surface area (Å²) in [5.74, 6) is -0.272. The molecule has 0 fully saturated rings. The zero-order chi connectivity index (χ0) is 8.85. The first-order valence-electron chi connectivity index (χ1n) is 3.64. The molecule has 0 aromatic heterocycles. The van der Waals surface area contributed by atoms with Gasteiger partial charge in [-0.05, 0) is 21.1 Å². The average molecular weight is 159 g/mol. The van der Waals surface area contributed by atoms with Crippen molar-refractivity contribution < 1.29 is 4.79 Å². The standard InChI is InChI=1S/C7H17N3O/c1-9(2)4-5-10(3)6-7(8)11/h4-6H2,1-3H3,(H2,8,11). The maximum Gasteiger partial charge on any atom is 0.231 e. The molecule has 0 aliphatic rings. The maximum atomic E-state index is 10.4. The minimum absolute atomic E-state index is 0.272. The fourth-order valence-corrected chi connectivity index (χ4v) is 0.716. The van der Waals surface area contributed by atoms with E-state index in [0.29, 0.717) is 6.54 Å². The third kappa shape index (κ3) is 7.29. The van der Waals surface area contributed by atoms with Crippen molar-refractivity contribution in [1.29, 1.82) is 0 Å². The Labute approximate surface area is 67.9 Å². The Bertz CT molecular complexity index is 125. The summed E-state index contributed by atoms with van der Waals surface area (Å²) in [6.07, 6.45) is 0. The van der Waals surface area contributed by atoms with Crippen LogP contribution in [0.1, 0.15) is 0 Å². The van der Waals surface area contributed by atoms with Gasteiger partial charge < -0.3 is 10.6 Å². The number of hydrogen-bond acceptors (Lipinski definition) is 3. The topological polar surface area (TPSA) is 49.6 Å². The summed E-state index contributed by atoms with van der Waals surface area (Å²) in [6.45, 7) is 2.16. The van der Waals surface area contributed by atoms with Gasteiger partial charge in [-0.1, -0.05) is 0 Å². The molecule has 0 saturated carbocycles. The van der Waals surface area contributed by atoms with Crippen LogP contribution in [0.25, 0.3) is 0 Å². The SMILES string of the molecule is CN(C)CCN(C)CC(N)=O. The van der Waals surface area contributed by atoms with Crippen molar-refractivity contribution in [3.8, 4) is 0 Å². The van der Waals surface area contributed by atoms with Crippen molar-refractivity contribution in [1.82, 2.24) is 9.80 Å². The van der Waals surface area contributed by atoms with Crippen LogP contribution in [0.15, 0.2) is 0 Å². The van der Waals surface area contributed by atoms with Crippen molar-refractivity contribution in [2.45, 2.75) is 0 Å². The number of nitrogens with zero attached hydrogens (tertiary/aromatic N) is 2. The molecular weight excluding hydrogens is 142 g/mol. The molecule has 0 aromatic carbocycles. The van der Waals surface area contributed by atoms with Crippen LogP contribution >= 0.6 is 0 Å². The second-order valence-electron chi connectivity index (χ2n) is 3.01. The lowest BCUT2D eigenvalue weighted by molar-refractivity contribution is -0.118. The van der Waals surface area contributed by atoms with E-state index in [2.05, 4.69) is 4.90 Å². The van der Waals surface area contributed by atoms with Gasteiger partial charge in [0, 0.05) is 13.1 Å². The summed E-state index contributed by atoms with van der Waals surface area (Å²) in [5, 5.41) is 0. The number of nitrogens with two attached hydrogens (primary N) is 1. The summed E-state index contributed by atoms with van der Waals surface area (Å²) in [4.78, 5) is 14.4. The number of rotatable bonds is 5. The first-order valence-corrected chi connectivity index (χ1v) is 3.64. The van der Waals surface area contributed by atoms with Crippen molar-refractivity contribution in [3.63, 3.8) is 0 Å². The molecule has 0 spiro atoms. The normalized spacial score (nSPS) is 11.0. The van der Waals surface area contributed by atoms with Gasteiger partial charge in [-0.3, -0.25) is 9.69 Å². The van der Waals surface area contributed by atoms with Gasteiger partial charge in [-0.25, -0.2) is 0 Å². The molecular formula is C7H17N3O. The van der Waals surface area contributed by atoms with Gasteiger partial charge in [0.05, 0.1) is 6.54 Å². The molecule has 0 saturated heterocycles. The predicted molar refractivity (Wildman–Crippen MR) is 45.2 cm³/mol. The van der Waals surface area contributed by atoms with E-state index in [1.54, 1.807) is 0 Å². The van der Waals surface area contributed by atoms with Crippen LogP contribution in [0.4, 0.5) is 0 Å². The molecule has 0 bridgehead atoms. The number of hydrogen-bond donors (Lipinski definition) is 1. The molecule has 2 N–H and O–H groups in total. The lowest BCUT2D eigenvalue weighted by Crippen LogP contribution is -2.35. The zero-order valence-electron chi connectivity index (χ0n) is 7.50. The van der Waals surface area contributed by atoms with E-state index in [9.17, 15) is 4.79 Å². The minimum atomic E-state index is -0.272. The molecule has 0 aliphatic heterocycles. The number of amides is 1. The number of likely N-dealkylation sites (N-methyl/N-ethyl adjacent to an activating group) is 2. The highest BCUT2D eigenvalue weighted by atomic mass is 16.1. The Morgan fingerprint density at radius 2 is 1.82 bits per heavy atom. The third-order valence-corrected chi connectivity index (χ3v) is 1.35. The largest absolute Gasteiger partial charge is 0.369 e. The summed E-state index contributed by atoms with van der Waals surface area (Å²) >= 11 is 0. The van der Waals surface area contributed by atoms with Crippen LogP contribution in [0.5, 0.6) is 0 Å². The molecule has 0 aromatic rings. The molecule has 11 heavy (non-hydrogen) atoms. The van der Waals surface area contributed by atoms with Gasteiger partial charge in [-0.15, -0.1) is 0 Å². The predicted octanol–water partition coefficient (Wildman–Crippen LogP) is -1.03. The summed E-state index contributed by atoms with van der Waals surface area (Å²) in [7, 11) is 5.88.